The molecule has 1 aliphatic carbocycles. The Morgan fingerprint density at radius 3 is 2.65 bits per heavy atom. The molecule has 0 saturated heterocycles. The molecule has 1 aromatic rings. The SMILES string of the molecule is CN=C(NCc1cccnc1N(C)C)NCC1(CCOC)CCCC1.I. The van der Waals surface area contributed by atoms with E-state index in [4.69, 9.17) is 4.74 Å². The molecule has 0 amide bonds. The topological polar surface area (TPSA) is 61.8 Å². The molecule has 1 aliphatic rings. The fraction of sp³-hybridized carbons (Fsp3) is 0.684. The summed E-state index contributed by atoms with van der Waals surface area (Å²) < 4.78 is 5.32. The Balaban J connectivity index is 0.00000338. The van der Waals surface area contributed by atoms with Crippen molar-refractivity contribution < 1.29 is 4.74 Å². The van der Waals surface area contributed by atoms with Crippen molar-refractivity contribution in [1.82, 2.24) is 15.6 Å². The van der Waals surface area contributed by atoms with E-state index in [1.807, 2.05) is 38.3 Å². The van der Waals surface area contributed by atoms with Gasteiger partial charge in [0.2, 0.25) is 0 Å². The molecule has 7 heteroatoms. The van der Waals surface area contributed by atoms with Crippen LogP contribution >= 0.6 is 24.0 Å². The summed E-state index contributed by atoms with van der Waals surface area (Å²) in [6.07, 6.45) is 8.12. The smallest absolute Gasteiger partial charge is 0.191 e. The van der Waals surface area contributed by atoms with Gasteiger partial charge in [0.15, 0.2) is 5.96 Å². The van der Waals surface area contributed by atoms with Gasteiger partial charge in [-0.3, -0.25) is 4.99 Å². The van der Waals surface area contributed by atoms with Crippen LogP contribution < -0.4 is 15.5 Å². The zero-order valence-corrected chi connectivity index (χ0v) is 18.9. The molecule has 0 aliphatic heterocycles. The molecular formula is C19H34IN5O. The van der Waals surface area contributed by atoms with E-state index >= 15 is 0 Å². The number of pyridine rings is 1. The number of hydrogen-bond acceptors (Lipinski definition) is 4. The molecule has 0 radical (unpaired) electrons. The van der Waals surface area contributed by atoms with Gasteiger partial charge in [0, 0.05) is 59.7 Å². The van der Waals surface area contributed by atoms with E-state index in [-0.39, 0.29) is 24.0 Å². The van der Waals surface area contributed by atoms with Gasteiger partial charge in [0.1, 0.15) is 5.82 Å². The lowest BCUT2D eigenvalue weighted by atomic mass is 9.83. The van der Waals surface area contributed by atoms with Crippen LogP contribution in [0, 0.1) is 5.41 Å². The minimum atomic E-state index is 0. The number of aromatic nitrogens is 1. The van der Waals surface area contributed by atoms with Gasteiger partial charge >= 0.3 is 0 Å². The van der Waals surface area contributed by atoms with Crippen LogP contribution in [0.1, 0.15) is 37.7 Å². The third kappa shape index (κ3) is 6.57. The summed E-state index contributed by atoms with van der Waals surface area (Å²) in [5.41, 5.74) is 1.50. The molecule has 0 atom stereocenters. The Kier molecular flexibility index (Phi) is 10.2. The quantitative estimate of drug-likeness (QED) is 0.344. The summed E-state index contributed by atoms with van der Waals surface area (Å²) >= 11 is 0. The van der Waals surface area contributed by atoms with Crippen LogP contribution in [0.15, 0.2) is 23.3 Å². The lowest BCUT2D eigenvalue weighted by Gasteiger charge is -2.30. The van der Waals surface area contributed by atoms with E-state index in [9.17, 15) is 0 Å². The molecular weight excluding hydrogens is 441 g/mol. The van der Waals surface area contributed by atoms with Gasteiger partial charge in [-0.2, -0.15) is 0 Å². The van der Waals surface area contributed by atoms with Crippen LogP contribution in [0.2, 0.25) is 0 Å². The van der Waals surface area contributed by atoms with Crippen LogP contribution in [-0.2, 0) is 11.3 Å². The van der Waals surface area contributed by atoms with E-state index < -0.39 is 0 Å². The van der Waals surface area contributed by atoms with E-state index in [2.05, 4.69) is 26.7 Å². The van der Waals surface area contributed by atoms with Crippen LogP contribution in [0.3, 0.4) is 0 Å². The highest BCUT2D eigenvalue weighted by Crippen LogP contribution is 2.40. The lowest BCUT2D eigenvalue weighted by molar-refractivity contribution is 0.138. The maximum atomic E-state index is 5.32. The van der Waals surface area contributed by atoms with E-state index in [0.29, 0.717) is 12.0 Å². The van der Waals surface area contributed by atoms with Gasteiger partial charge in [-0.15, -0.1) is 24.0 Å². The van der Waals surface area contributed by atoms with E-state index in [0.717, 1.165) is 36.9 Å². The van der Waals surface area contributed by atoms with Crippen LogP contribution in [0.5, 0.6) is 0 Å². The number of methoxy groups -OCH3 is 1. The second-order valence-corrected chi connectivity index (χ2v) is 7.11. The highest BCUT2D eigenvalue weighted by atomic mass is 127. The van der Waals surface area contributed by atoms with Gasteiger partial charge < -0.3 is 20.3 Å². The van der Waals surface area contributed by atoms with Gasteiger partial charge in [0.05, 0.1) is 0 Å². The van der Waals surface area contributed by atoms with E-state index in [1.54, 1.807) is 7.11 Å². The van der Waals surface area contributed by atoms with E-state index in [1.165, 1.54) is 25.7 Å². The maximum Gasteiger partial charge on any atom is 0.191 e. The molecule has 1 saturated carbocycles. The summed E-state index contributed by atoms with van der Waals surface area (Å²) in [5.74, 6) is 1.83. The molecule has 148 valence electrons. The van der Waals surface area contributed by atoms with Gasteiger partial charge in [0.25, 0.3) is 0 Å². The molecule has 26 heavy (non-hydrogen) atoms. The first-order chi connectivity index (χ1) is 12.1. The zero-order valence-electron chi connectivity index (χ0n) is 16.5. The highest BCUT2D eigenvalue weighted by molar-refractivity contribution is 14.0. The predicted octanol–water partition coefficient (Wildman–Crippen LogP) is 3.03. The first kappa shape index (κ1) is 23.0. The number of nitrogens with zero attached hydrogens (tertiary/aromatic N) is 3. The Hall–Kier alpha value is -1.09. The summed E-state index contributed by atoms with van der Waals surface area (Å²) in [5, 5.41) is 6.95. The van der Waals surface area contributed by atoms with Crippen LogP contribution in [0.25, 0.3) is 0 Å². The third-order valence-corrected chi connectivity index (χ3v) is 5.09. The maximum absolute atomic E-state index is 5.32. The zero-order chi connectivity index (χ0) is 18.1. The molecule has 0 aromatic carbocycles. The number of hydrogen-bond donors (Lipinski definition) is 2. The minimum Gasteiger partial charge on any atom is -0.385 e. The van der Waals surface area contributed by atoms with Crippen molar-refractivity contribution in [1.29, 1.82) is 0 Å². The molecule has 2 N–H and O–H groups in total. The Morgan fingerprint density at radius 2 is 2.04 bits per heavy atom. The first-order valence-electron chi connectivity index (χ1n) is 9.15. The molecule has 0 bridgehead atoms. The largest absolute Gasteiger partial charge is 0.385 e. The number of nitrogens with one attached hydrogen (secondary N) is 2. The number of rotatable bonds is 8. The minimum absolute atomic E-state index is 0. The number of anilines is 1. The summed E-state index contributed by atoms with van der Waals surface area (Å²) in [4.78, 5) is 10.9. The van der Waals surface area contributed by atoms with Crippen LogP contribution in [-0.4, -0.2) is 52.3 Å². The fourth-order valence-corrected chi connectivity index (χ4v) is 3.60. The van der Waals surface area contributed by atoms with Crippen molar-refractivity contribution in [2.45, 2.75) is 38.6 Å². The second-order valence-electron chi connectivity index (χ2n) is 7.11. The predicted molar refractivity (Wildman–Crippen MR) is 120 cm³/mol. The number of ether oxygens (including phenoxy) is 1. The van der Waals surface area contributed by atoms with Crippen molar-refractivity contribution >= 4 is 35.8 Å². The molecule has 1 fully saturated rings. The highest BCUT2D eigenvalue weighted by Gasteiger charge is 2.33. The standard InChI is InChI=1S/C19H33N5O.HI/c1-20-18(22-14-16-8-7-12-21-17(16)24(2)3)23-15-19(11-13-25-4)9-5-6-10-19;/h7-8,12H,5-6,9-11,13-15H2,1-4H3,(H2,20,22,23);1H. The molecule has 0 unspecified atom stereocenters. The number of guanidine groups is 1. The van der Waals surface area contributed by atoms with Crippen molar-refractivity contribution in [2.24, 2.45) is 10.4 Å². The Labute approximate surface area is 175 Å². The van der Waals surface area contributed by atoms with Crippen molar-refractivity contribution in [3.63, 3.8) is 0 Å². The average Bonchev–Trinajstić information content (AvgIpc) is 3.09. The summed E-state index contributed by atoms with van der Waals surface area (Å²) in [6, 6.07) is 4.07. The van der Waals surface area contributed by atoms with Crippen molar-refractivity contribution in [2.75, 3.05) is 46.3 Å². The van der Waals surface area contributed by atoms with Crippen LogP contribution in [0.4, 0.5) is 5.82 Å². The lowest BCUT2D eigenvalue weighted by Crippen LogP contribution is -2.43. The average molecular weight is 475 g/mol. The van der Waals surface area contributed by atoms with Gasteiger partial charge in [-0.1, -0.05) is 18.9 Å². The molecule has 1 aromatic heterocycles. The normalized spacial score (nSPS) is 16.1. The third-order valence-electron chi connectivity index (χ3n) is 5.09. The van der Waals surface area contributed by atoms with Crippen molar-refractivity contribution in [3.05, 3.63) is 23.9 Å². The van der Waals surface area contributed by atoms with Gasteiger partial charge in [-0.25, -0.2) is 4.98 Å². The Bertz CT molecular complexity index is 559. The molecule has 6 nitrogen and oxygen atoms in total. The number of halogens is 1. The molecule has 2 rings (SSSR count). The fourth-order valence-electron chi connectivity index (χ4n) is 3.60. The molecule has 0 spiro atoms. The van der Waals surface area contributed by atoms with Crippen molar-refractivity contribution in [3.8, 4) is 0 Å². The molecule has 1 heterocycles. The second kappa shape index (κ2) is 11.6. The Morgan fingerprint density at radius 1 is 1.31 bits per heavy atom. The van der Waals surface area contributed by atoms with Gasteiger partial charge in [-0.05, 0) is 30.7 Å². The first-order valence-corrected chi connectivity index (χ1v) is 9.15. The summed E-state index contributed by atoms with van der Waals surface area (Å²) in [7, 11) is 7.63. The number of aliphatic imine (C=N–C) groups is 1. The summed E-state index contributed by atoms with van der Waals surface area (Å²) in [6.45, 7) is 2.48. The monoisotopic (exact) mass is 475 g/mol.